The lowest BCUT2D eigenvalue weighted by molar-refractivity contribution is -0.141. The fraction of sp³-hybridized carbons (Fsp3) is 0.346. The van der Waals surface area contributed by atoms with Gasteiger partial charge in [-0.05, 0) is 30.7 Å². The molecule has 2 heterocycles. The van der Waals surface area contributed by atoms with E-state index in [9.17, 15) is 27.9 Å². The van der Waals surface area contributed by atoms with Crippen LogP contribution in [0.1, 0.15) is 35.3 Å². The van der Waals surface area contributed by atoms with Gasteiger partial charge in [-0.3, -0.25) is 9.59 Å². The molecular weight excluding hydrogens is 489 g/mol. The second kappa shape index (κ2) is 11.5. The number of alkyl halides is 3. The number of hydrogen-bond donors (Lipinski definition) is 2. The van der Waals surface area contributed by atoms with Crippen LogP contribution < -0.4 is 10.1 Å². The highest BCUT2D eigenvalue weighted by atomic mass is 19.4. The zero-order chi connectivity index (χ0) is 26.4. The van der Waals surface area contributed by atoms with Crippen LogP contribution in [0, 0.1) is 0 Å². The largest absolute Gasteiger partial charge is 0.488 e. The quantitative estimate of drug-likeness (QED) is 0.447. The predicted molar refractivity (Wildman–Crippen MR) is 128 cm³/mol. The standard InChI is InChI=1S/C26H27F3N4O4/c27-26(28,29)24-20(16-33(31-24)18-8-3-1-4-9-18)25(36)30-14-7-12-23(35)32-15-13-22(21(34)17-32)37-19-10-5-2-6-11-19/h1-6,8-11,16,21-22,34H,7,12-15,17H2,(H,30,36). The van der Waals surface area contributed by atoms with Crippen LogP contribution in [0.5, 0.6) is 5.75 Å². The number of rotatable bonds is 8. The fourth-order valence-electron chi connectivity index (χ4n) is 4.11. The van der Waals surface area contributed by atoms with Gasteiger partial charge >= 0.3 is 6.18 Å². The van der Waals surface area contributed by atoms with Gasteiger partial charge in [-0.25, -0.2) is 4.68 Å². The van der Waals surface area contributed by atoms with Gasteiger partial charge in [-0.2, -0.15) is 18.3 Å². The smallest absolute Gasteiger partial charge is 0.435 e. The Labute approximate surface area is 211 Å². The van der Waals surface area contributed by atoms with Gasteiger partial charge in [-0.15, -0.1) is 0 Å². The number of aliphatic hydroxyl groups is 1. The molecule has 11 heteroatoms. The van der Waals surface area contributed by atoms with Crippen LogP contribution in [0.15, 0.2) is 66.9 Å². The molecule has 1 saturated heterocycles. The first-order valence-corrected chi connectivity index (χ1v) is 11.9. The van der Waals surface area contributed by atoms with Crippen LogP contribution in [-0.4, -0.2) is 63.4 Å². The van der Waals surface area contributed by atoms with E-state index in [1.807, 2.05) is 18.2 Å². The second-order valence-corrected chi connectivity index (χ2v) is 8.69. The molecule has 0 radical (unpaired) electrons. The minimum Gasteiger partial charge on any atom is -0.488 e. The third-order valence-corrected chi connectivity index (χ3v) is 6.00. The maximum Gasteiger partial charge on any atom is 0.435 e. The van der Waals surface area contributed by atoms with Gasteiger partial charge in [0, 0.05) is 32.1 Å². The minimum atomic E-state index is -4.81. The van der Waals surface area contributed by atoms with E-state index in [2.05, 4.69) is 10.4 Å². The van der Waals surface area contributed by atoms with Crippen molar-refractivity contribution in [2.45, 2.75) is 37.6 Å². The highest BCUT2D eigenvalue weighted by molar-refractivity contribution is 5.95. The van der Waals surface area contributed by atoms with Crippen molar-refractivity contribution < 1.29 is 32.6 Å². The number of carbonyl (C=O) groups excluding carboxylic acids is 2. The summed E-state index contributed by atoms with van der Waals surface area (Å²) >= 11 is 0. The Bertz CT molecular complexity index is 1200. The van der Waals surface area contributed by atoms with Gasteiger partial charge in [0.2, 0.25) is 5.91 Å². The Balaban J connectivity index is 1.26. The first-order valence-electron chi connectivity index (χ1n) is 11.9. The van der Waals surface area contributed by atoms with Crippen LogP contribution >= 0.6 is 0 Å². The molecule has 37 heavy (non-hydrogen) atoms. The van der Waals surface area contributed by atoms with E-state index in [4.69, 9.17) is 4.74 Å². The summed E-state index contributed by atoms with van der Waals surface area (Å²) in [6.07, 6.45) is -4.27. The number of nitrogens with one attached hydrogen (secondary N) is 1. The molecule has 2 amide bonds. The summed E-state index contributed by atoms with van der Waals surface area (Å²) in [4.78, 5) is 26.6. The molecule has 0 saturated carbocycles. The number of likely N-dealkylation sites (tertiary alicyclic amines) is 1. The molecule has 2 N–H and O–H groups in total. The number of hydrogen-bond acceptors (Lipinski definition) is 5. The third-order valence-electron chi connectivity index (χ3n) is 6.00. The lowest BCUT2D eigenvalue weighted by Gasteiger charge is -2.36. The number of halogens is 3. The van der Waals surface area contributed by atoms with E-state index in [1.54, 1.807) is 42.5 Å². The lowest BCUT2D eigenvalue weighted by Crippen LogP contribution is -2.51. The van der Waals surface area contributed by atoms with Crippen molar-refractivity contribution in [1.82, 2.24) is 20.0 Å². The Morgan fingerprint density at radius 1 is 1.08 bits per heavy atom. The lowest BCUT2D eigenvalue weighted by atomic mass is 10.0. The van der Waals surface area contributed by atoms with Gasteiger partial charge in [0.15, 0.2) is 5.69 Å². The van der Waals surface area contributed by atoms with Gasteiger partial charge in [-0.1, -0.05) is 36.4 Å². The molecular formula is C26H27F3N4O4. The number of piperidine rings is 1. The van der Waals surface area contributed by atoms with Crippen LogP contribution in [0.4, 0.5) is 13.2 Å². The number of aliphatic hydroxyl groups excluding tert-OH is 1. The van der Waals surface area contributed by atoms with E-state index in [-0.39, 0.29) is 31.8 Å². The van der Waals surface area contributed by atoms with Crippen LogP contribution in [0.2, 0.25) is 0 Å². The summed E-state index contributed by atoms with van der Waals surface area (Å²) in [5.74, 6) is -0.486. The molecule has 4 rings (SSSR count). The first kappa shape index (κ1) is 26.2. The molecule has 2 unspecified atom stereocenters. The zero-order valence-electron chi connectivity index (χ0n) is 19.9. The molecule has 3 aromatic rings. The van der Waals surface area contributed by atoms with Gasteiger partial charge < -0.3 is 20.1 Å². The molecule has 8 nitrogen and oxygen atoms in total. The van der Waals surface area contributed by atoms with E-state index < -0.39 is 35.5 Å². The number of aromatic nitrogens is 2. The summed E-state index contributed by atoms with van der Waals surface area (Å²) in [5, 5.41) is 16.4. The average molecular weight is 517 g/mol. The molecule has 1 aliphatic heterocycles. The summed E-state index contributed by atoms with van der Waals surface area (Å²) in [6.45, 7) is 0.540. The maximum atomic E-state index is 13.5. The van der Waals surface area contributed by atoms with Crippen molar-refractivity contribution in [3.63, 3.8) is 0 Å². The summed E-state index contributed by atoms with van der Waals surface area (Å²) < 4.78 is 47.3. The molecule has 2 atom stereocenters. The Morgan fingerprint density at radius 2 is 1.76 bits per heavy atom. The molecule has 1 fully saturated rings. The number of β-amino-alcohol motifs (C(OH)–C–C–N with tert-alkyl or cyclic N) is 1. The van der Waals surface area contributed by atoms with Gasteiger partial charge in [0.05, 0.1) is 17.8 Å². The van der Waals surface area contributed by atoms with Gasteiger partial charge in [0.25, 0.3) is 5.91 Å². The van der Waals surface area contributed by atoms with Crippen molar-refractivity contribution in [2.24, 2.45) is 0 Å². The Kier molecular flexibility index (Phi) is 8.12. The number of carbonyl (C=O) groups is 2. The molecule has 1 aromatic heterocycles. The van der Waals surface area contributed by atoms with E-state index in [0.717, 1.165) is 10.9 Å². The summed E-state index contributed by atoms with van der Waals surface area (Å²) in [7, 11) is 0. The van der Waals surface area contributed by atoms with Crippen molar-refractivity contribution in [2.75, 3.05) is 19.6 Å². The zero-order valence-corrected chi connectivity index (χ0v) is 19.9. The molecule has 0 aliphatic carbocycles. The van der Waals surface area contributed by atoms with E-state index >= 15 is 0 Å². The van der Waals surface area contributed by atoms with Crippen molar-refractivity contribution in [1.29, 1.82) is 0 Å². The fourth-order valence-corrected chi connectivity index (χ4v) is 4.11. The number of amides is 2. The third kappa shape index (κ3) is 6.67. The van der Waals surface area contributed by atoms with Crippen molar-refractivity contribution >= 4 is 11.8 Å². The highest BCUT2D eigenvalue weighted by Gasteiger charge is 2.39. The monoisotopic (exact) mass is 516 g/mol. The second-order valence-electron chi connectivity index (χ2n) is 8.69. The number of benzene rings is 2. The molecule has 2 aromatic carbocycles. The van der Waals surface area contributed by atoms with Gasteiger partial charge in [0.1, 0.15) is 18.0 Å². The summed E-state index contributed by atoms with van der Waals surface area (Å²) in [6, 6.07) is 17.3. The Morgan fingerprint density at radius 3 is 2.41 bits per heavy atom. The van der Waals surface area contributed by atoms with Crippen LogP contribution in [0.3, 0.4) is 0 Å². The van der Waals surface area contributed by atoms with Crippen LogP contribution in [0.25, 0.3) is 5.69 Å². The van der Waals surface area contributed by atoms with E-state index in [0.29, 0.717) is 24.4 Å². The molecule has 196 valence electrons. The predicted octanol–water partition coefficient (Wildman–Crippen LogP) is 3.44. The Hall–Kier alpha value is -3.86. The molecule has 0 bridgehead atoms. The van der Waals surface area contributed by atoms with Crippen LogP contribution in [-0.2, 0) is 11.0 Å². The highest BCUT2D eigenvalue weighted by Crippen LogP contribution is 2.31. The normalized spacial score (nSPS) is 17.9. The first-order chi connectivity index (χ1) is 17.7. The van der Waals surface area contributed by atoms with Crippen molar-refractivity contribution in [3.05, 3.63) is 78.1 Å². The maximum absolute atomic E-state index is 13.5. The molecule has 0 spiro atoms. The number of ether oxygens (including phenoxy) is 1. The number of nitrogens with zero attached hydrogens (tertiary/aromatic N) is 3. The van der Waals surface area contributed by atoms with E-state index in [1.165, 1.54) is 4.90 Å². The SMILES string of the molecule is O=C(NCCCC(=O)N1CCC(Oc2ccccc2)C(O)C1)c1cn(-c2ccccc2)nc1C(F)(F)F. The van der Waals surface area contributed by atoms with Crippen molar-refractivity contribution in [3.8, 4) is 11.4 Å². The average Bonchev–Trinajstić information content (AvgIpc) is 3.35. The number of para-hydroxylation sites is 2. The minimum absolute atomic E-state index is 0.00846. The topological polar surface area (TPSA) is 96.7 Å². The summed E-state index contributed by atoms with van der Waals surface area (Å²) in [5.41, 5.74) is -1.48. The molecule has 1 aliphatic rings.